The van der Waals surface area contributed by atoms with Gasteiger partial charge in [-0.3, -0.25) is 9.80 Å². The van der Waals surface area contributed by atoms with E-state index in [2.05, 4.69) is 49.7 Å². The molecule has 4 heteroatoms. The van der Waals surface area contributed by atoms with Crippen LogP contribution in [0.4, 0.5) is 0 Å². The van der Waals surface area contributed by atoms with E-state index in [-0.39, 0.29) is 17.7 Å². The molecule has 18 heavy (non-hydrogen) atoms. The number of nitrogens with one attached hydrogen (secondary N) is 1. The van der Waals surface area contributed by atoms with E-state index in [9.17, 15) is 5.11 Å². The van der Waals surface area contributed by atoms with Gasteiger partial charge in [0.1, 0.15) is 0 Å². The van der Waals surface area contributed by atoms with Crippen molar-refractivity contribution in [1.82, 2.24) is 15.1 Å². The number of aliphatic hydroxyl groups is 1. The molecule has 1 rings (SSSR count). The second kappa shape index (κ2) is 6.33. The third-order valence-corrected chi connectivity index (χ3v) is 3.85. The maximum atomic E-state index is 9.53. The summed E-state index contributed by atoms with van der Waals surface area (Å²) < 4.78 is 0. The minimum atomic E-state index is -0.168. The quantitative estimate of drug-likeness (QED) is 0.763. The molecule has 1 atom stereocenters. The normalized spacial score (nSPS) is 23.0. The van der Waals surface area contributed by atoms with Gasteiger partial charge in [0, 0.05) is 38.3 Å². The first-order chi connectivity index (χ1) is 8.30. The third kappa shape index (κ3) is 4.50. The maximum absolute atomic E-state index is 9.53. The fourth-order valence-corrected chi connectivity index (χ4v) is 2.66. The van der Waals surface area contributed by atoms with Crippen LogP contribution in [0.3, 0.4) is 0 Å². The zero-order valence-corrected chi connectivity index (χ0v) is 12.8. The number of nitrogens with zero attached hydrogens (tertiary/aromatic N) is 2. The largest absolute Gasteiger partial charge is 0.394 e. The van der Waals surface area contributed by atoms with Crippen LogP contribution < -0.4 is 5.32 Å². The highest BCUT2D eigenvalue weighted by atomic mass is 16.3. The Hall–Kier alpha value is -0.160. The first-order valence-corrected chi connectivity index (χ1v) is 7.14. The number of hydrogen-bond acceptors (Lipinski definition) is 4. The zero-order valence-electron chi connectivity index (χ0n) is 12.8. The molecule has 4 nitrogen and oxygen atoms in total. The van der Waals surface area contributed by atoms with Gasteiger partial charge >= 0.3 is 0 Å². The van der Waals surface area contributed by atoms with Crippen molar-refractivity contribution in [3.05, 3.63) is 0 Å². The average molecular weight is 257 g/mol. The molecule has 0 amide bonds. The van der Waals surface area contributed by atoms with Gasteiger partial charge in [-0.15, -0.1) is 0 Å². The monoisotopic (exact) mass is 257 g/mol. The van der Waals surface area contributed by atoms with Crippen molar-refractivity contribution in [3.63, 3.8) is 0 Å². The van der Waals surface area contributed by atoms with Crippen LogP contribution in [0.5, 0.6) is 0 Å². The van der Waals surface area contributed by atoms with Gasteiger partial charge in [0.25, 0.3) is 0 Å². The summed E-state index contributed by atoms with van der Waals surface area (Å²) >= 11 is 0. The molecule has 1 unspecified atom stereocenters. The Morgan fingerprint density at radius 3 is 2.00 bits per heavy atom. The highest BCUT2D eigenvalue weighted by Gasteiger charge is 2.30. The van der Waals surface area contributed by atoms with Crippen molar-refractivity contribution in [3.8, 4) is 0 Å². The van der Waals surface area contributed by atoms with Crippen LogP contribution in [0.1, 0.15) is 34.6 Å². The number of hydrogen-bond donors (Lipinski definition) is 2. The number of rotatable bonds is 5. The smallest absolute Gasteiger partial charge is 0.0623 e. The summed E-state index contributed by atoms with van der Waals surface area (Å²) in [7, 11) is 0. The predicted molar refractivity (Wildman–Crippen MR) is 76.9 cm³/mol. The highest BCUT2D eigenvalue weighted by Crippen LogP contribution is 2.17. The molecular formula is C14H31N3O. The lowest BCUT2D eigenvalue weighted by atomic mass is 10.0. The van der Waals surface area contributed by atoms with Gasteiger partial charge < -0.3 is 10.4 Å². The van der Waals surface area contributed by atoms with E-state index in [4.69, 9.17) is 0 Å². The first kappa shape index (κ1) is 15.9. The molecule has 2 N–H and O–H groups in total. The van der Waals surface area contributed by atoms with Gasteiger partial charge in [-0.1, -0.05) is 6.92 Å². The molecule has 0 bridgehead atoms. The summed E-state index contributed by atoms with van der Waals surface area (Å²) in [6, 6.07) is 0. The topological polar surface area (TPSA) is 38.7 Å². The van der Waals surface area contributed by atoms with Crippen LogP contribution >= 0.6 is 0 Å². The maximum Gasteiger partial charge on any atom is 0.0623 e. The molecule has 108 valence electrons. The minimum Gasteiger partial charge on any atom is -0.394 e. The molecule has 1 heterocycles. The molecule has 1 aliphatic rings. The molecule has 0 aromatic heterocycles. The van der Waals surface area contributed by atoms with E-state index in [0.717, 1.165) is 39.3 Å². The van der Waals surface area contributed by atoms with Gasteiger partial charge in [-0.05, 0) is 34.2 Å². The molecule has 0 radical (unpaired) electrons. The molecule has 1 saturated heterocycles. The molecule has 0 saturated carbocycles. The van der Waals surface area contributed by atoms with Crippen molar-refractivity contribution in [2.45, 2.75) is 45.7 Å². The van der Waals surface area contributed by atoms with Crippen LogP contribution in [-0.4, -0.2) is 71.9 Å². The van der Waals surface area contributed by atoms with Crippen LogP contribution in [0, 0.1) is 0 Å². The van der Waals surface area contributed by atoms with E-state index in [0.29, 0.717) is 0 Å². The van der Waals surface area contributed by atoms with E-state index >= 15 is 0 Å². The Balaban J connectivity index is 2.44. The summed E-state index contributed by atoms with van der Waals surface area (Å²) in [6.45, 7) is 17.5. The summed E-state index contributed by atoms with van der Waals surface area (Å²) in [4.78, 5) is 4.99. The van der Waals surface area contributed by atoms with Crippen LogP contribution in [0.15, 0.2) is 0 Å². The molecular weight excluding hydrogens is 226 g/mol. The lowest BCUT2D eigenvalue weighted by molar-refractivity contribution is 0.0400. The highest BCUT2D eigenvalue weighted by molar-refractivity contribution is 4.89. The van der Waals surface area contributed by atoms with E-state index in [1.54, 1.807) is 0 Å². The van der Waals surface area contributed by atoms with E-state index in [1.165, 1.54) is 0 Å². The lowest BCUT2D eigenvalue weighted by Crippen LogP contribution is -2.59. The second-order valence-electron chi connectivity index (χ2n) is 6.68. The van der Waals surface area contributed by atoms with Gasteiger partial charge in [0.2, 0.25) is 0 Å². The van der Waals surface area contributed by atoms with Gasteiger partial charge in [-0.2, -0.15) is 0 Å². The van der Waals surface area contributed by atoms with Crippen molar-refractivity contribution in [2.75, 3.05) is 45.9 Å². The molecule has 0 aromatic carbocycles. The lowest BCUT2D eigenvalue weighted by Gasteiger charge is -2.44. The number of likely N-dealkylation sites (N-methyl/N-ethyl adjacent to an activating group) is 1. The molecule has 0 aliphatic carbocycles. The van der Waals surface area contributed by atoms with Crippen molar-refractivity contribution in [2.24, 2.45) is 0 Å². The first-order valence-electron chi connectivity index (χ1n) is 7.14. The summed E-state index contributed by atoms with van der Waals surface area (Å²) in [5.41, 5.74) is 0.104. The number of piperazine rings is 1. The van der Waals surface area contributed by atoms with Crippen molar-refractivity contribution < 1.29 is 5.11 Å². The van der Waals surface area contributed by atoms with E-state index < -0.39 is 0 Å². The predicted octanol–water partition coefficient (Wildman–Crippen LogP) is 0.763. The van der Waals surface area contributed by atoms with Gasteiger partial charge in [0.15, 0.2) is 0 Å². The molecule has 1 aliphatic heterocycles. The minimum absolute atomic E-state index is 0.168. The summed E-state index contributed by atoms with van der Waals surface area (Å²) in [5, 5.41) is 12.9. The Labute approximate surface area is 112 Å². The van der Waals surface area contributed by atoms with Crippen LogP contribution in [-0.2, 0) is 0 Å². The van der Waals surface area contributed by atoms with Gasteiger partial charge in [0.05, 0.1) is 12.1 Å². The van der Waals surface area contributed by atoms with E-state index in [1.807, 2.05) is 0 Å². The van der Waals surface area contributed by atoms with Crippen molar-refractivity contribution >= 4 is 0 Å². The fourth-order valence-electron chi connectivity index (χ4n) is 2.66. The summed E-state index contributed by atoms with van der Waals surface area (Å²) in [6.07, 6.45) is 0. The molecule has 0 aromatic rings. The standard InChI is InChI=1S/C14H31N3O/c1-6-15-14(5,12-18)11-16-7-9-17(10-8-16)13(2,3)4/h15,18H,6-12H2,1-5H3. The average Bonchev–Trinajstić information content (AvgIpc) is 2.29. The Kier molecular flexibility index (Phi) is 5.59. The van der Waals surface area contributed by atoms with Crippen LogP contribution in [0.2, 0.25) is 0 Å². The van der Waals surface area contributed by atoms with Crippen molar-refractivity contribution in [1.29, 1.82) is 0 Å². The molecule has 1 fully saturated rings. The Morgan fingerprint density at radius 2 is 1.61 bits per heavy atom. The molecule has 0 spiro atoms. The van der Waals surface area contributed by atoms with Gasteiger partial charge in [-0.25, -0.2) is 0 Å². The Morgan fingerprint density at radius 1 is 1.06 bits per heavy atom. The number of aliphatic hydroxyl groups excluding tert-OH is 1. The Bertz CT molecular complexity index is 244. The SMILES string of the molecule is CCNC(C)(CO)CN1CCN(C(C)(C)C)CC1. The third-order valence-electron chi connectivity index (χ3n) is 3.85. The fraction of sp³-hybridized carbons (Fsp3) is 1.00. The second-order valence-corrected chi connectivity index (χ2v) is 6.68. The zero-order chi connectivity index (χ0) is 13.8. The summed E-state index contributed by atoms with van der Waals surface area (Å²) in [5.74, 6) is 0. The van der Waals surface area contributed by atoms with Crippen LogP contribution in [0.25, 0.3) is 0 Å².